The lowest BCUT2D eigenvalue weighted by Crippen LogP contribution is -2.33. The molecule has 1 rings (SSSR count). The Hall–Kier alpha value is -1.12. The lowest BCUT2D eigenvalue weighted by Gasteiger charge is -2.23. The van der Waals surface area contributed by atoms with Crippen molar-refractivity contribution in [2.45, 2.75) is 19.0 Å². The average Bonchev–Trinajstić information content (AvgIpc) is 2.11. The Morgan fingerprint density at radius 3 is 1.95 bits per heavy atom. The third-order valence-corrected chi connectivity index (χ3v) is 2.59. The number of hydrogen-bond donors (Lipinski definition) is 0. The van der Waals surface area contributed by atoms with E-state index in [1.165, 1.54) is 11.1 Å². The van der Waals surface area contributed by atoms with Crippen LogP contribution in [-0.2, 0) is 16.7 Å². The largest absolute Gasteiger partial charge is 0.741 e. The van der Waals surface area contributed by atoms with E-state index < -0.39 is 15.6 Å². The van der Waals surface area contributed by atoms with Crippen LogP contribution in [0.5, 0.6) is 0 Å². The summed E-state index contributed by atoms with van der Waals surface area (Å²) in [4.78, 5) is 0. The molecule has 20 heavy (non-hydrogen) atoms. The topological polar surface area (TPSA) is 57.2 Å². The normalized spacial score (nSPS) is 12.6. The molecule has 4 nitrogen and oxygen atoms in total. The number of nitrogens with zero attached hydrogens (tertiary/aromatic N) is 1. The van der Waals surface area contributed by atoms with Crippen LogP contribution in [0, 0.1) is 6.92 Å². The molecule has 0 saturated carbocycles. The van der Waals surface area contributed by atoms with Crippen molar-refractivity contribution in [2.24, 2.45) is 0 Å². The second-order valence-electron chi connectivity index (χ2n) is 5.34. The van der Waals surface area contributed by atoms with Gasteiger partial charge in [0.1, 0.15) is 6.54 Å². The lowest BCUT2D eigenvalue weighted by atomic mass is 10.1. The minimum Gasteiger partial charge on any atom is -0.741 e. The molecular weight excluding hydrogens is 295 g/mol. The second kappa shape index (κ2) is 6.55. The van der Waals surface area contributed by atoms with Gasteiger partial charge in [0.05, 0.1) is 21.1 Å². The third kappa shape index (κ3) is 8.13. The molecule has 0 aliphatic carbocycles. The van der Waals surface area contributed by atoms with Gasteiger partial charge in [-0.2, -0.15) is 13.2 Å². The molecule has 0 aliphatic heterocycles. The Bertz CT molecular complexity index is 534. The Kier molecular flexibility index (Phi) is 6.19. The van der Waals surface area contributed by atoms with Gasteiger partial charge < -0.3 is 9.04 Å². The van der Waals surface area contributed by atoms with E-state index in [0.717, 1.165) is 11.0 Å². The summed E-state index contributed by atoms with van der Waals surface area (Å²) in [5, 5.41) is 0. The smallest absolute Gasteiger partial charge is 0.485 e. The van der Waals surface area contributed by atoms with Crippen molar-refractivity contribution in [2.75, 3.05) is 21.1 Å². The molecule has 8 heteroatoms. The Morgan fingerprint density at radius 2 is 1.65 bits per heavy atom. The highest BCUT2D eigenvalue weighted by atomic mass is 32.2. The van der Waals surface area contributed by atoms with Gasteiger partial charge in [0.25, 0.3) is 0 Å². The first-order valence-electron chi connectivity index (χ1n) is 5.60. The maximum Gasteiger partial charge on any atom is 0.485 e. The molecule has 0 bridgehead atoms. The van der Waals surface area contributed by atoms with Crippen LogP contribution < -0.4 is 0 Å². The lowest BCUT2D eigenvalue weighted by molar-refractivity contribution is -0.884. The van der Waals surface area contributed by atoms with Gasteiger partial charge in [-0.05, 0) is 6.92 Å². The van der Waals surface area contributed by atoms with Crippen LogP contribution in [0.25, 0.3) is 0 Å². The van der Waals surface area contributed by atoms with Crippen LogP contribution in [0.1, 0.15) is 11.1 Å². The van der Waals surface area contributed by atoms with E-state index in [4.69, 9.17) is 13.0 Å². The van der Waals surface area contributed by atoms with Crippen molar-refractivity contribution in [1.82, 2.24) is 0 Å². The second-order valence-corrected chi connectivity index (χ2v) is 6.71. The molecule has 0 aromatic heterocycles. The summed E-state index contributed by atoms with van der Waals surface area (Å²) in [5.41, 5.74) is -2.88. The molecule has 0 heterocycles. The van der Waals surface area contributed by atoms with E-state index in [0.29, 0.717) is 0 Å². The van der Waals surface area contributed by atoms with Gasteiger partial charge in [0.15, 0.2) is 10.1 Å². The Morgan fingerprint density at radius 1 is 1.20 bits per heavy atom. The summed E-state index contributed by atoms with van der Waals surface area (Å²) in [6.45, 7) is 3.24. The summed E-state index contributed by atoms with van der Waals surface area (Å²) in [5.74, 6) is 0. The van der Waals surface area contributed by atoms with Gasteiger partial charge in [-0.25, -0.2) is 8.42 Å². The zero-order valence-electron chi connectivity index (χ0n) is 11.7. The molecule has 0 amide bonds. The average molecular weight is 313 g/mol. The van der Waals surface area contributed by atoms with Gasteiger partial charge in [0.2, 0.25) is 0 Å². The quantitative estimate of drug-likeness (QED) is 0.478. The zero-order valence-corrected chi connectivity index (χ0v) is 12.5. The first-order valence-corrected chi connectivity index (χ1v) is 7.01. The number of aryl methyl sites for hydroxylation is 1. The van der Waals surface area contributed by atoms with Crippen molar-refractivity contribution in [3.05, 3.63) is 35.4 Å². The maximum absolute atomic E-state index is 10.7. The number of benzene rings is 1. The minimum absolute atomic E-state index is 0.990. The van der Waals surface area contributed by atoms with E-state index in [-0.39, 0.29) is 0 Å². The molecule has 0 saturated heterocycles. The summed E-state index contributed by atoms with van der Waals surface area (Å²) >= 11 is 0. The van der Waals surface area contributed by atoms with Crippen LogP contribution in [0.3, 0.4) is 0 Å². The van der Waals surface area contributed by atoms with Crippen molar-refractivity contribution < 1.29 is 30.6 Å². The fraction of sp³-hybridized carbons (Fsp3) is 0.500. The first-order chi connectivity index (χ1) is 8.72. The summed E-state index contributed by atoms with van der Waals surface area (Å²) < 4.78 is 59.9. The highest BCUT2D eigenvalue weighted by Gasteiger charge is 2.36. The van der Waals surface area contributed by atoms with E-state index >= 15 is 0 Å². The number of hydrogen-bond acceptors (Lipinski definition) is 3. The van der Waals surface area contributed by atoms with Crippen molar-refractivity contribution in [3.63, 3.8) is 0 Å². The van der Waals surface area contributed by atoms with Gasteiger partial charge in [-0.3, -0.25) is 0 Å². The fourth-order valence-electron chi connectivity index (χ4n) is 1.36. The van der Waals surface area contributed by atoms with Crippen LogP contribution in [0.2, 0.25) is 0 Å². The summed E-state index contributed by atoms with van der Waals surface area (Å²) in [6.07, 6.45) is 0. The van der Waals surface area contributed by atoms with Crippen LogP contribution in [0.4, 0.5) is 13.2 Å². The predicted octanol–water partition coefficient (Wildman–Crippen LogP) is 2.25. The van der Waals surface area contributed by atoms with Crippen LogP contribution in [-0.4, -0.2) is 44.1 Å². The fourth-order valence-corrected chi connectivity index (χ4v) is 1.36. The molecule has 0 spiro atoms. The van der Waals surface area contributed by atoms with E-state index in [9.17, 15) is 13.2 Å². The van der Waals surface area contributed by atoms with Gasteiger partial charge in [-0.15, -0.1) is 0 Å². The first kappa shape index (κ1) is 18.9. The van der Waals surface area contributed by atoms with Gasteiger partial charge >= 0.3 is 5.51 Å². The molecule has 0 atom stereocenters. The Labute approximate surface area is 117 Å². The molecule has 0 aliphatic rings. The van der Waals surface area contributed by atoms with Crippen molar-refractivity contribution in [1.29, 1.82) is 0 Å². The van der Waals surface area contributed by atoms with Crippen LogP contribution in [0.15, 0.2) is 24.3 Å². The number of quaternary nitrogens is 1. The molecule has 1 aromatic rings. The molecule has 0 N–H and O–H groups in total. The zero-order chi connectivity index (χ0) is 16.2. The number of alkyl halides is 3. The highest BCUT2D eigenvalue weighted by Crippen LogP contribution is 2.20. The maximum atomic E-state index is 10.7. The number of halogens is 3. The van der Waals surface area contributed by atoms with Crippen molar-refractivity contribution >= 4 is 10.1 Å². The van der Waals surface area contributed by atoms with Crippen LogP contribution >= 0.6 is 0 Å². The van der Waals surface area contributed by atoms with E-state index in [2.05, 4.69) is 52.3 Å². The molecule has 0 radical (unpaired) electrons. The molecule has 0 fully saturated rings. The van der Waals surface area contributed by atoms with Crippen molar-refractivity contribution in [3.8, 4) is 0 Å². The molecular formula is C12H18F3NO3S. The van der Waals surface area contributed by atoms with E-state index in [1.54, 1.807) is 0 Å². The summed E-state index contributed by atoms with van der Waals surface area (Å²) in [7, 11) is 0.542. The van der Waals surface area contributed by atoms with Gasteiger partial charge in [-0.1, -0.05) is 29.8 Å². The SMILES string of the molecule is Cc1cccc(C[N+](C)(C)C)c1.O=S(=O)([O-])C(F)(F)F. The van der Waals surface area contributed by atoms with Gasteiger partial charge in [0, 0.05) is 5.56 Å². The molecule has 1 aromatic carbocycles. The predicted molar refractivity (Wildman–Crippen MR) is 68.7 cm³/mol. The molecule has 116 valence electrons. The highest BCUT2D eigenvalue weighted by molar-refractivity contribution is 7.86. The summed E-state index contributed by atoms with van der Waals surface area (Å²) in [6, 6.07) is 8.71. The Balaban J connectivity index is 0.000000396. The van der Waals surface area contributed by atoms with E-state index in [1.807, 2.05) is 0 Å². The monoisotopic (exact) mass is 313 g/mol. The third-order valence-electron chi connectivity index (χ3n) is 2.02. The number of rotatable bonds is 2. The standard InChI is InChI=1S/C11H18N.CHF3O3S/c1-10-6-5-7-11(8-10)9-12(2,3)4;2-1(3,4)8(5,6)7/h5-8H,9H2,1-4H3;(H,5,6,7)/q+1;/p-1. The minimum atomic E-state index is -6.09. The molecule has 0 unspecified atom stereocenters.